The fourth-order valence-corrected chi connectivity index (χ4v) is 2.89. The third-order valence-corrected chi connectivity index (χ3v) is 4.26. The van der Waals surface area contributed by atoms with Crippen molar-refractivity contribution in [3.05, 3.63) is 102 Å². The van der Waals surface area contributed by atoms with Crippen LogP contribution < -0.4 is 9.47 Å². The minimum absolute atomic E-state index is 0.243. The summed E-state index contributed by atoms with van der Waals surface area (Å²) >= 11 is 0. The highest BCUT2D eigenvalue weighted by Crippen LogP contribution is 2.29. The van der Waals surface area contributed by atoms with Gasteiger partial charge in [0.15, 0.2) is 24.2 Å². The second kappa shape index (κ2) is 10.1. The molecule has 0 aliphatic carbocycles. The van der Waals surface area contributed by atoms with Gasteiger partial charge >= 0.3 is 5.97 Å². The summed E-state index contributed by atoms with van der Waals surface area (Å²) in [4.78, 5) is 16.8. The standard InChI is InChI=1S/C24H23NO4/c1-3-9-18-13-14-21(22(16-18)27-2)28-17-23(26)29-24(19-10-5-4-6-11-19)20-12-7-8-15-25-20/h3-8,10-16,24H,1,9,17H2,2H3. The van der Waals surface area contributed by atoms with Crippen molar-refractivity contribution in [2.24, 2.45) is 0 Å². The lowest BCUT2D eigenvalue weighted by molar-refractivity contribution is -0.150. The first kappa shape index (κ1) is 20.1. The molecule has 5 nitrogen and oxygen atoms in total. The van der Waals surface area contributed by atoms with Gasteiger partial charge in [-0.3, -0.25) is 4.98 Å². The Balaban J connectivity index is 1.70. The van der Waals surface area contributed by atoms with Crippen molar-refractivity contribution in [2.75, 3.05) is 13.7 Å². The molecule has 0 saturated carbocycles. The molecule has 1 atom stereocenters. The van der Waals surface area contributed by atoms with E-state index in [1.54, 1.807) is 19.4 Å². The molecular weight excluding hydrogens is 366 g/mol. The lowest BCUT2D eigenvalue weighted by Gasteiger charge is -2.18. The molecule has 1 unspecified atom stereocenters. The van der Waals surface area contributed by atoms with Gasteiger partial charge in [0.05, 0.1) is 12.8 Å². The number of hydrogen-bond donors (Lipinski definition) is 0. The minimum atomic E-state index is -0.606. The summed E-state index contributed by atoms with van der Waals surface area (Å²) < 4.78 is 16.7. The fraction of sp³-hybridized carbons (Fsp3) is 0.167. The molecule has 2 aromatic carbocycles. The van der Waals surface area contributed by atoms with Crippen LogP contribution in [-0.2, 0) is 16.0 Å². The Morgan fingerprint density at radius 1 is 1.07 bits per heavy atom. The molecule has 0 radical (unpaired) electrons. The Bertz CT molecular complexity index is 902. The second-order valence-electron chi connectivity index (χ2n) is 6.30. The number of hydrogen-bond acceptors (Lipinski definition) is 5. The molecule has 5 heteroatoms. The maximum Gasteiger partial charge on any atom is 0.345 e. The third-order valence-electron chi connectivity index (χ3n) is 4.26. The highest BCUT2D eigenvalue weighted by Gasteiger charge is 2.20. The average Bonchev–Trinajstić information content (AvgIpc) is 2.78. The first-order valence-electron chi connectivity index (χ1n) is 9.27. The lowest BCUT2D eigenvalue weighted by atomic mass is 10.1. The van der Waals surface area contributed by atoms with E-state index in [0.717, 1.165) is 17.5 Å². The van der Waals surface area contributed by atoms with Crippen LogP contribution in [0, 0.1) is 0 Å². The van der Waals surface area contributed by atoms with Crippen LogP contribution in [0.25, 0.3) is 0 Å². The van der Waals surface area contributed by atoms with Crippen LogP contribution in [-0.4, -0.2) is 24.7 Å². The third kappa shape index (κ3) is 5.45. The van der Waals surface area contributed by atoms with Crippen LogP contribution in [0.2, 0.25) is 0 Å². The number of ether oxygens (including phenoxy) is 3. The first-order valence-corrected chi connectivity index (χ1v) is 9.27. The number of benzene rings is 2. The monoisotopic (exact) mass is 389 g/mol. The Morgan fingerprint density at radius 3 is 2.55 bits per heavy atom. The number of carbonyl (C=O) groups is 1. The van der Waals surface area contributed by atoms with E-state index < -0.39 is 12.1 Å². The van der Waals surface area contributed by atoms with E-state index in [1.807, 2.05) is 66.7 Å². The predicted octanol–water partition coefficient (Wildman–Crippen LogP) is 4.53. The maximum absolute atomic E-state index is 12.5. The van der Waals surface area contributed by atoms with E-state index >= 15 is 0 Å². The number of nitrogens with zero attached hydrogens (tertiary/aromatic N) is 1. The van der Waals surface area contributed by atoms with Crippen LogP contribution in [0.4, 0.5) is 0 Å². The van der Waals surface area contributed by atoms with Gasteiger partial charge in [-0.2, -0.15) is 0 Å². The molecule has 1 heterocycles. The summed E-state index contributed by atoms with van der Waals surface area (Å²) in [5.74, 6) is 0.537. The summed E-state index contributed by atoms with van der Waals surface area (Å²) in [6, 6.07) is 20.5. The van der Waals surface area contributed by atoms with E-state index in [4.69, 9.17) is 14.2 Å². The Morgan fingerprint density at radius 2 is 1.86 bits per heavy atom. The Labute approximate surface area is 170 Å². The number of esters is 1. The molecule has 0 saturated heterocycles. The number of methoxy groups -OCH3 is 1. The summed E-state index contributed by atoms with van der Waals surface area (Å²) in [7, 11) is 1.56. The molecule has 3 aromatic rings. The summed E-state index contributed by atoms with van der Waals surface area (Å²) in [6.45, 7) is 3.49. The summed E-state index contributed by atoms with van der Waals surface area (Å²) in [6.07, 6.45) is 3.60. The van der Waals surface area contributed by atoms with Crippen LogP contribution >= 0.6 is 0 Å². The number of pyridine rings is 1. The highest BCUT2D eigenvalue weighted by atomic mass is 16.6. The maximum atomic E-state index is 12.5. The molecule has 0 aliphatic rings. The molecule has 0 bridgehead atoms. The Hall–Kier alpha value is -3.60. The SMILES string of the molecule is C=CCc1ccc(OCC(=O)OC(c2ccccc2)c2ccccn2)c(OC)c1. The van der Waals surface area contributed by atoms with Crippen LogP contribution in [0.3, 0.4) is 0 Å². The number of aromatic nitrogens is 1. The van der Waals surface area contributed by atoms with Crippen LogP contribution in [0.5, 0.6) is 11.5 Å². The van der Waals surface area contributed by atoms with Gasteiger partial charge in [0.1, 0.15) is 0 Å². The Kier molecular flexibility index (Phi) is 7.00. The molecule has 0 spiro atoms. The van der Waals surface area contributed by atoms with Crippen LogP contribution in [0.1, 0.15) is 22.9 Å². The topological polar surface area (TPSA) is 57.7 Å². The van der Waals surface area contributed by atoms with Crippen molar-refractivity contribution in [3.8, 4) is 11.5 Å². The number of allylic oxidation sites excluding steroid dienone is 1. The molecule has 3 rings (SSSR count). The van der Waals surface area contributed by atoms with Gasteiger partial charge in [-0.1, -0.05) is 48.5 Å². The summed E-state index contributed by atoms with van der Waals surface area (Å²) in [5.41, 5.74) is 2.54. The minimum Gasteiger partial charge on any atom is -0.493 e. The van der Waals surface area contributed by atoms with E-state index in [0.29, 0.717) is 17.2 Å². The zero-order chi connectivity index (χ0) is 20.5. The van der Waals surface area contributed by atoms with Gasteiger partial charge in [0.25, 0.3) is 0 Å². The molecular formula is C24H23NO4. The fourth-order valence-electron chi connectivity index (χ4n) is 2.89. The van der Waals surface area contributed by atoms with E-state index in [1.165, 1.54) is 0 Å². The van der Waals surface area contributed by atoms with Crippen molar-refractivity contribution in [1.29, 1.82) is 0 Å². The lowest BCUT2D eigenvalue weighted by Crippen LogP contribution is -2.19. The molecule has 0 fully saturated rings. The highest BCUT2D eigenvalue weighted by molar-refractivity contribution is 5.72. The van der Waals surface area contributed by atoms with Crippen LogP contribution in [0.15, 0.2) is 85.6 Å². The van der Waals surface area contributed by atoms with E-state index in [2.05, 4.69) is 11.6 Å². The predicted molar refractivity (Wildman–Crippen MR) is 111 cm³/mol. The number of rotatable bonds is 9. The normalized spacial score (nSPS) is 11.3. The molecule has 0 N–H and O–H groups in total. The quantitative estimate of drug-likeness (QED) is 0.397. The van der Waals surface area contributed by atoms with Crippen molar-refractivity contribution < 1.29 is 19.0 Å². The van der Waals surface area contributed by atoms with Crippen molar-refractivity contribution in [3.63, 3.8) is 0 Å². The molecule has 148 valence electrons. The molecule has 1 aromatic heterocycles. The second-order valence-corrected chi connectivity index (χ2v) is 6.30. The zero-order valence-electron chi connectivity index (χ0n) is 16.3. The van der Waals surface area contributed by atoms with Crippen molar-refractivity contribution >= 4 is 5.97 Å². The smallest absolute Gasteiger partial charge is 0.345 e. The molecule has 0 amide bonds. The van der Waals surface area contributed by atoms with Gasteiger partial charge < -0.3 is 14.2 Å². The van der Waals surface area contributed by atoms with Gasteiger partial charge in [-0.15, -0.1) is 6.58 Å². The number of carbonyl (C=O) groups excluding carboxylic acids is 1. The van der Waals surface area contributed by atoms with Crippen molar-refractivity contribution in [1.82, 2.24) is 4.98 Å². The summed E-state index contributed by atoms with van der Waals surface area (Å²) in [5, 5.41) is 0. The van der Waals surface area contributed by atoms with Gasteiger partial charge in [0, 0.05) is 6.20 Å². The molecule has 29 heavy (non-hydrogen) atoms. The van der Waals surface area contributed by atoms with E-state index in [-0.39, 0.29) is 6.61 Å². The van der Waals surface area contributed by atoms with Gasteiger partial charge in [-0.05, 0) is 41.8 Å². The average molecular weight is 389 g/mol. The van der Waals surface area contributed by atoms with Gasteiger partial charge in [0.2, 0.25) is 0 Å². The molecule has 0 aliphatic heterocycles. The largest absolute Gasteiger partial charge is 0.493 e. The zero-order valence-corrected chi connectivity index (χ0v) is 16.3. The van der Waals surface area contributed by atoms with Gasteiger partial charge in [-0.25, -0.2) is 4.79 Å². The van der Waals surface area contributed by atoms with Crippen molar-refractivity contribution in [2.45, 2.75) is 12.5 Å². The van der Waals surface area contributed by atoms with E-state index in [9.17, 15) is 4.79 Å². The first-order chi connectivity index (χ1) is 14.2.